The van der Waals surface area contributed by atoms with Crippen molar-refractivity contribution in [2.24, 2.45) is 0 Å². The third-order valence-corrected chi connectivity index (χ3v) is 4.18. The molecule has 0 aliphatic heterocycles. The molecule has 0 unspecified atom stereocenters. The number of nitrogens with zero attached hydrogens (tertiary/aromatic N) is 2. The molecule has 2 rings (SSSR count). The third kappa shape index (κ3) is 3.26. The molecule has 0 saturated heterocycles. The van der Waals surface area contributed by atoms with E-state index < -0.39 is 11.4 Å². The molecule has 5 nitrogen and oxygen atoms in total. The van der Waals surface area contributed by atoms with E-state index in [1.165, 1.54) is 43.0 Å². The van der Waals surface area contributed by atoms with Gasteiger partial charge >= 0.3 is 0 Å². The van der Waals surface area contributed by atoms with Crippen molar-refractivity contribution in [3.63, 3.8) is 0 Å². The van der Waals surface area contributed by atoms with Gasteiger partial charge in [0.1, 0.15) is 11.5 Å². The normalized spacial score (nSPS) is 10.7. The van der Waals surface area contributed by atoms with Gasteiger partial charge in [-0.15, -0.1) is 11.8 Å². The predicted molar refractivity (Wildman–Crippen MR) is 82.3 cm³/mol. The number of rotatable bonds is 5. The van der Waals surface area contributed by atoms with Gasteiger partial charge in [-0.3, -0.25) is 9.59 Å². The van der Waals surface area contributed by atoms with E-state index in [0.717, 1.165) is 4.68 Å². The lowest BCUT2D eigenvalue weighted by atomic mass is 10.2. The largest absolute Gasteiger partial charge is 0.396 e. The van der Waals surface area contributed by atoms with Crippen LogP contribution in [-0.2, 0) is 0 Å². The summed E-state index contributed by atoms with van der Waals surface area (Å²) >= 11 is 1.17. The number of thioether (sulfide) groups is 1. The van der Waals surface area contributed by atoms with Gasteiger partial charge in [-0.2, -0.15) is 9.78 Å². The van der Waals surface area contributed by atoms with Crippen molar-refractivity contribution in [1.29, 1.82) is 0 Å². The van der Waals surface area contributed by atoms with Gasteiger partial charge in [0.2, 0.25) is 0 Å². The molecule has 2 aromatic rings. The van der Waals surface area contributed by atoms with E-state index in [9.17, 15) is 14.0 Å². The lowest BCUT2D eigenvalue weighted by molar-refractivity contribution is 0.101. The number of ketones is 1. The minimum atomic E-state index is -0.425. The summed E-state index contributed by atoms with van der Waals surface area (Å²) in [4.78, 5) is 24.7. The maximum Gasteiger partial charge on any atom is 0.285 e. The fourth-order valence-electron chi connectivity index (χ4n) is 1.99. The molecule has 1 N–H and O–H groups in total. The van der Waals surface area contributed by atoms with Crippen LogP contribution in [0.15, 0.2) is 34.0 Å². The Kier molecular flexibility index (Phi) is 5.10. The number of aliphatic hydroxyl groups is 1. The molecule has 0 saturated carbocycles. The third-order valence-electron chi connectivity index (χ3n) is 3.02. The average molecular weight is 322 g/mol. The standard InChI is InChI=1S/C15H15FN2O3S/c1-9-13(10(2)20)17-18(12-5-3-11(16)4-6-12)15(21)14(9)22-8-7-19/h3-6,19H,7-8H2,1-2H3. The highest BCUT2D eigenvalue weighted by Crippen LogP contribution is 2.21. The summed E-state index contributed by atoms with van der Waals surface area (Å²) in [7, 11) is 0. The first-order valence-electron chi connectivity index (χ1n) is 6.60. The Morgan fingerprint density at radius 1 is 1.36 bits per heavy atom. The van der Waals surface area contributed by atoms with E-state index in [1.54, 1.807) is 6.92 Å². The Morgan fingerprint density at radius 3 is 2.55 bits per heavy atom. The van der Waals surface area contributed by atoms with Crippen LogP contribution >= 0.6 is 11.8 Å². The summed E-state index contributed by atoms with van der Waals surface area (Å²) in [5.74, 6) is -0.356. The number of benzene rings is 1. The SMILES string of the molecule is CC(=O)c1nn(-c2ccc(F)cc2)c(=O)c(SCCO)c1C. The van der Waals surface area contributed by atoms with Crippen LogP contribution in [0.3, 0.4) is 0 Å². The molecule has 1 aromatic heterocycles. The van der Waals surface area contributed by atoms with Crippen molar-refractivity contribution in [1.82, 2.24) is 9.78 Å². The maximum atomic E-state index is 13.0. The highest BCUT2D eigenvalue weighted by Gasteiger charge is 2.18. The van der Waals surface area contributed by atoms with Gasteiger partial charge in [-0.1, -0.05) is 0 Å². The van der Waals surface area contributed by atoms with Gasteiger partial charge in [0.25, 0.3) is 5.56 Å². The summed E-state index contributed by atoms with van der Waals surface area (Å²) in [5, 5.41) is 13.0. The number of Topliss-reactive ketones (excluding diaryl/α,β-unsaturated/α-hetero) is 1. The van der Waals surface area contributed by atoms with Crippen LogP contribution in [-0.4, -0.2) is 33.0 Å². The first-order chi connectivity index (χ1) is 10.5. The first kappa shape index (κ1) is 16.4. The van der Waals surface area contributed by atoms with Gasteiger partial charge in [-0.25, -0.2) is 4.39 Å². The van der Waals surface area contributed by atoms with Gasteiger partial charge in [0.15, 0.2) is 5.78 Å². The van der Waals surface area contributed by atoms with Crippen molar-refractivity contribution in [3.8, 4) is 5.69 Å². The van der Waals surface area contributed by atoms with Crippen LogP contribution in [0, 0.1) is 12.7 Å². The van der Waals surface area contributed by atoms with E-state index in [2.05, 4.69) is 5.10 Å². The van der Waals surface area contributed by atoms with E-state index >= 15 is 0 Å². The average Bonchev–Trinajstić information content (AvgIpc) is 2.48. The molecular formula is C15H15FN2O3S. The van der Waals surface area contributed by atoms with Gasteiger partial charge in [0.05, 0.1) is 17.2 Å². The van der Waals surface area contributed by atoms with E-state index in [4.69, 9.17) is 5.11 Å². The van der Waals surface area contributed by atoms with Gasteiger partial charge in [0, 0.05) is 12.7 Å². The summed E-state index contributed by atoms with van der Waals surface area (Å²) in [6.07, 6.45) is 0. The van der Waals surface area contributed by atoms with Gasteiger partial charge in [-0.05, 0) is 36.8 Å². The first-order valence-corrected chi connectivity index (χ1v) is 7.58. The fourth-order valence-corrected chi connectivity index (χ4v) is 2.81. The van der Waals surface area contributed by atoms with Crippen LogP contribution in [0.25, 0.3) is 5.69 Å². The molecule has 0 atom stereocenters. The maximum absolute atomic E-state index is 13.0. The lowest BCUT2D eigenvalue weighted by Gasteiger charge is -2.12. The number of halogens is 1. The summed E-state index contributed by atoms with van der Waals surface area (Å²) < 4.78 is 14.1. The Morgan fingerprint density at radius 2 is 2.00 bits per heavy atom. The summed E-state index contributed by atoms with van der Waals surface area (Å²) in [5.41, 5.74) is 0.658. The monoisotopic (exact) mass is 322 g/mol. The molecule has 0 amide bonds. The molecule has 22 heavy (non-hydrogen) atoms. The molecule has 0 bridgehead atoms. The van der Waals surface area contributed by atoms with E-state index in [1.807, 2.05) is 0 Å². The number of hydrogen-bond donors (Lipinski definition) is 1. The second kappa shape index (κ2) is 6.85. The van der Waals surface area contributed by atoms with Crippen molar-refractivity contribution in [3.05, 3.63) is 51.7 Å². The second-order valence-corrected chi connectivity index (χ2v) is 5.73. The zero-order chi connectivity index (χ0) is 16.3. The topological polar surface area (TPSA) is 72.2 Å². The Bertz CT molecular complexity index is 757. The molecular weight excluding hydrogens is 307 g/mol. The Hall–Kier alpha value is -1.99. The molecule has 116 valence electrons. The van der Waals surface area contributed by atoms with Gasteiger partial charge < -0.3 is 5.11 Å². The second-order valence-electron chi connectivity index (χ2n) is 4.62. The summed E-state index contributed by atoms with van der Waals surface area (Å²) in [6.45, 7) is 2.94. The molecule has 0 aliphatic carbocycles. The lowest BCUT2D eigenvalue weighted by Crippen LogP contribution is -2.27. The number of aliphatic hydroxyl groups excluding tert-OH is 1. The van der Waals surface area contributed by atoms with Crippen molar-refractivity contribution in [2.75, 3.05) is 12.4 Å². The van der Waals surface area contributed by atoms with E-state index in [-0.39, 0.29) is 18.1 Å². The minimum Gasteiger partial charge on any atom is -0.396 e. The van der Waals surface area contributed by atoms with Crippen LogP contribution < -0.4 is 5.56 Å². The highest BCUT2D eigenvalue weighted by molar-refractivity contribution is 7.99. The van der Waals surface area contributed by atoms with Crippen LogP contribution in [0.2, 0.25) is 0 Å². The van der Waals surface area contributed by atoms with Crippen molar-refractivity contribution < 1.29 is 14.3 Å². The molecule has 0 spiro atoms. The predicted octanol–water partition coefficient (Wildman–Crippen LogP) is 1.97. The van der Waals surface area contributed by atoms with Crippen molar-refractivity contribution >= 4 is 17.5 Å². The van der Waals surface area contributed by atoms with Crippen LogP contribution in [0.1, 0.15) is 23.0 Å². The van der Waals surface area contributed by atoms with Crippen LogP contribution in [0.5, 0.6) is 0 Å². The highest BCUT2D eigenvalue weighted by atomic mass is 32.2. The number of hydrogen-bond acceptors (Lipinski definition) is 5. The molecule has 1 aromatic carbocycles. The molecule has 0 fully saturated rings. The fraction of sp³-hybridized carbons (Fsp3) is 0.267. The van der Waals surface area contributed by atoms with Crippen LogP contribution in [0.4, 0.5) is 4.39 Å². The number of carbonyl (C=O) groups is 1. The zero-order valence-electron chi connectivity index (χ0n) is 12.2. The zero-order valence-corrected chi connectivity index (χ0v) is 13.0. The molecule has 0 aliphatic rings. The quantitative estimate of drug-likeness (QED) is 0.673. The number of aromatic nitrogens is 2. The molecule has 0 radical (unpaired) electrons. The summed E-state index contributed by atoms with van der Waals surface area (Å²) in [6, 6.07) is 5.28. The van der Waals surface area contributed by atoms with E-state index in [0.29, 0.717) is 21.9 Å². The minimum absolute atomic E-state index is 0.0855. The van der Waals surface area contributed by atoms with Crippen molar-refractivity contribution in [2.45, 2.75) is 18.7 Å². The smallest absolute Gasteiger partial charge is 0.285 e. The molecule has 7 heteroatoms. The number of carbonyl (C=O) groups excluding carboxylic acids is 1. The Balaban J connectivity index is 2.67. The Labute approximate surface area is 130 Å². The molecule has 1 heterocycles.